The molecule has 1 aromatic heterocycles. The molecule has 0 saturated heterocycles. The van der Waals surface area contributed by atoms with Gasteiger partial charge in [0, 0.05) is 10.9 Å². The van der Waals surface area contributed by atoms with Crippen LogP contribution < -0.4 is 5.32 Å². The van der Waals surface area contributed by atoms with Crippen molar-refractivity contribution in [2.45, 2.75) is 51.5 Å². The summed E-state index contributed by atoms with van der Waals surface area (Å²) in [5, 5.41) is 5.95. The average molecular weight is 237 g/mol. The normalized spacial score (nSPS) is 19.1. The third-order valence-electron chi connectivity index (χ3n) is 3.63. The number of hydrogen-bond acceptors (Lipinski definition) is 2. The first-order valence-electron chi connectivity index (χ1n) is 6.66. The minimum Gasteiger partial charge on any atom is -0.313 e. The SMILES string of the molecule is CCCNC(Cc1cccs1)C1CCCC1. The third kappa shape index (κ3) is 3.33. The molecule has 1 unspecified atom stereocenters. The molecule has 1 aromatic rings. The fraction of sp³-hybridized carbons (Fsp3) is 0.714. The zero-order valence-electron chi connectivity index (χ0n) is 10.2. The molecular weight excluding hydrogens is 214 g/mol. The number of rotatable bonds is 6. The Kier molecular flexibility index (Phi) is 4.86. The predicted molar refractivity (Wildman–Crippen MR) is 72.1 cm³/mol. The van der Waals surface area contributed by atoms with Crippen molar-refractivity contribution in [3.05, 3.63) is 22.4 Å². The fourth-order valence-electron chi connectivity index (χ4n) is 2.74. The van der Waals surface area contributed by atoms with Crippen LogP contribution in [-0.2, 0) is 6.42 Å². The molecule has 2 heteroatoms. The van der Waals surface area contributed by atoms with Crippen molar-refractivity contribution < 1.29 is 0 Å². The van der Waals surface area contributed by atoms with Crippen LogP contribution in [0.3, 0.4) is 0 Å². The smallest absolute Gasteiger partial charge is 0.0144 e. The van der Waals surface area contributed by atoms with Gasteiger partial charge in [0.05, 0.1) is 0 Å². The van der Waals surface area contributed by atoms with E-state index in [2.05, 4.69) is 29.8 Å². The summed E-state index contributed by atoms with van der Waals surface area (Å²) < 4.78 is 0. The lowest BCUT2D eigenvalue weighted by molar-refractivity contribution is 0.358. The van der Waals surface area contributed by atoms with Crippen LogP contribution in [0.4, 0.5) is 0 Å². The molecule has 0 bridgehead atoms. The Labute approximate surface area is 103 Å². The summed E-state index contributed by atoms with van der Waals surface area (Å²) in [6.07, 6.45) is 8.24. The van der Waals surface area contributed by atoms with E-state index in [1.54, 1.807) is 4.88 Å². The fourth-order valence-corrected chi connectivity index (χ4v) is 3.51. The topological polar surface area (TPSA) is 12.0 Å². The van der Waals surface area contributed by atoms with Gasteiger partial charge in [0.25, 0.3) is 0 Å². The maximum absolute atomic E-state index is 3.76. The quantitative estimate of drug-likeness (QED) is 0.792. The zero-order valence-corrected chi connectivity index (χ0v) is 11.1. The standard InChI is InChI=1S/C14H23NS/c1-2-9-15-14(12-6-3-4-7-12)11-13-8-5-10-16-13/h5,8,10,12,14-15H,2-4,6-7,9,11H2,1H3. The van der Waals surface area contributed by atoms with Crippen LogP contribution in [0.25, 0.3) is 0 Å². The van der Waals surface area contributed by atoms with Crippen molar-refractivity contribution >= 4 is 11.3 Å². The molecule has 0 radical (unpaired) electrons. The molecule has 1 aliphatic rings. The zero-order chi connectivity index (χ0) is 11.2. The maximum Gasteiger partial charge on any atom is 0.0144 e. The van der Waals surface area contributed by atoms with Gasteiger partial charge >= 0.3 is 0 Å². The third-order valence-corrected chi connectivity index (χ3v) is 4.53. The Bertz CT molecular complexity index is 275. The molecule has 1 nitrogen and oxygen atoms in total. The molecule has 0 spiro atoms. The average Bonchev–Trinajstić information content (AvgIpc) is 2.96. The summed E-state index contributed by atoms with van der Waals surface area (Å²) in [6, 6.07) is 5.17. The number of thiophene rings is 1. The van der Waals surface area contributed by atoms with Crippen LogP contribution in [0, 0.1) is 5.92 Å². The van der Waals surface area contributed by atoms with Gasteiger partial charge in [0.15, 0.2) is 0 Å². The second-order valence-electron chi connectivity index (χ2n) is 4.89. The van der Waals surface area contributed by atoms with Gasteiger partial charge < -0.3 is 5.32 Å². The van der Waals surface area contributed by atoms with Gasteiger partial charge in [0.1, 0.15) is 0 Å². The van der Waals surface area contributed by atoms with Crippen molar-refractivity contribution in [1.29, 1.82) is 0 Å². The highest BCUT2D eigenvalue weighted by atomic mass is 32.1. The molecule has 16 heavy (non-hydrogen) atoms. The largest absolute Gasteiger partial charge is 0.313 e. The minimum absolute atomic E-state index is 0.723. The van der Waals surface area contributed by atoms with E-state index in [1.807, 2.05) is 11.3 Å². The van der Waals surface area contributed by atoms with Crippen molar-refractivity contribution in [1.82, 2.24) is 5.32 Å². The summed E-state index contributed by atoms with van der Waals surface area (Å²) in [5.41, 5.74) is 0. The molecule has 0 aromatic carbocycles. The molecule has 1 heterocycles. The van der Waals surface area contributed by atoms with Crippen molar-refractivity contribution in [3.63, 3.8) is 0 Å². The molecule has 90 valence electrons. The van der Waals surface area contributed by atoms with E-state index in [9.17, 15) is 0 Å². The van der Waals surface area contributed by atoms with Crippen LogP contribution in [0.1, 0.15) is 43.9 Å². The second kappa shape index (κ2) is 6.41. The van der Waals surface area contributed by atoms with Gasteiger partial charge in [-0.15, -0.1) is 11.3 Å². The van der Waals surface area contributed by atoms with Gasteiger partial charge in [-0.2, -0.15) is 0 Å². The Hall–Kier alpha value is -0.340. The first-order chi connectivity index (χ1) is 7.90. The Balaban J connectivity index is 1.90. The molecular formula is C14H23NS. The molecule has 1 N–H and O–H groups in total. The van der Waals surface area contributed by atoms with Crippen LogP contribution in [0.2, 0.25) is 0 Å². The van der Waals surface area contributed by atoms with Crippen LogP contribution in [0.5, 0.6) is 0 Å². The maximum atomic E-state index is 3.76. The van der Waals surface area contributed by atoms with Gasteiger partial charge in [-0.1, -0.05) is 25.8 Å². The van der Waals surface area contributed by atoms with Crippen molar-refractivity contribution in [2.24, 2.45) is 5.92 Å². The summed E-state index contributed by atoms with van der Waals surface area (Å²) in [7, 11) is 0. The molecule has 1 fully saturated rings. The highest BCUT2D eigenvalue weighted by molar-refractivity contribution is 7.09. The van der Waals surface area contributed by atoms with E-state index in [1.165, 1.54) is 45.1 Å². The number of hydrogen-bond donors (Lipinski definition) is 1. The van der Waals surface area contributed by atoms with E-state index in [0.29, 0.717) is 0 Å². The summed E-state index contributed by atoms with van der Waals surface area (Å²) in [5.74, 6) is 0.925. The van der Waals surface area contributed by atoms with Crippen LogP contribution in [-0.4, -0.2) is 12.6 Å². The summed E-state index contributed by atoms with van der Waals surface area (Å²) >= 11 is 1.90. The minimum atomic E-state index is 0.723. The van der Waals surface area contributed by atoms with Crippen molar-refractivity contribution in [3.8, 4) is 0 Å². The second-order valence-corrected chi connectivity index (χ2v) is 5.92. The Morgan fingerprint density at radius 2 is 2.25 bits per heavy atom. The molecule has 1 saturated carbocycles. The first kappa shape index (κ1) is 12.1. The lowest BCUT2D eigenvalue weighted by Gasteiger charge is -2.24. The lowest BCUT2D eigenvalue weighted by Crippen LogP contribution is -2.37. The summed E-state index contributed by atoms with van der Waals surface area (Å²) in [6.45, 7) is 3.43. The van der Waals surface area contributed by atoms with E-state index in [0.717, 1.165) is 12.0 Å². The first-order valence-corrected chi connectivity index (χ1v) is 7.54. The van der Waals surface area contributed by atoms with E-state index in [4.69, 9.17) is 0 Å². The van der Waals surface area contributed by atoms with Crippen LogP contribution in [0.15, 0.2) is 17.5 Å². The molecule has 0 amide bonds. The van der Waals surface area contributed by atoms with Gasteiger partial charge in [-0.3, -0.25) is 0 Å². The molecule has 1 aliphatic carbocycles. The van der Waals surface area contributed by atoms with Crippen LogP contribution >= 0.6 is 11.3 Å². The van der Waals surface area contributed by atoms with Gasteiger partial charge in [-0.25, -0.2) is 0 Å². The van der Waals surface area contributed by atoms with Gasteiger partial charge in [0.2, 0.25) is 0 Å². The highest BCUT2D eigenvalue weighted by Crippen LogP contribution is 2.29. The van der Waals surface area contributed by atoms with Gasteiger partial charge in [-0.05, 0) is 49.6 Å². The highest BCUT2D eigenvalue weighted by Gasteiger charge is 2.24. The molecule has 0 aliphatic heterocycles. The van der Waals surface area contributed by atoms with Crippen molar-refractivity contribution in [2.75, 3.05) is 6.54 Å². The van der Waals surface area contributed by atoms with E-state index in [-0.39, 0.29) is 0 Å². The Morgan fingerprint density at radius 1 is 1.44 bits per heavy atom. The summed E-state index contributed by atoms with van der Waals surface area (Å²) in [4.78, 5) is 1.54. The monoisotopic (exact) mass is 237 g/mol. The molecule has 2 rings (SSSR count). The predicted octanol–water partition coefficient (Wildman–Crippen LogP) is 3.85. The van der Waals surface area contributed by atoms with E-state index >= 15 is 0 Å². The lowest BCUT2D eigenvalue weighted by atomic mass is 9.94. The number of nitrogens with one attached hydrogen (secondary N) is 1. The Morgan fingerprint density at radius 3 is 2.88 bits per heavy atom. The molecule has 1 atom stereocenters. The van der Waals surface area contributed by atoms with E-state index < -0.39 is 0 Å².